The molecule has 50 heavy (non-hydrogen) atoms. The summed E-state index contributed by atoms with van der Waals surface area (Å²) in [4.78, 5) is 15.0. The summed E-state index contributed by atoms with van der Waals surface area (Å²) in [7, 11) is 0. The van der Waals surface area contributed by atoms with Crippen molar-refractivity contribution >= 4 is 53.3 Å². The molecular formula is C45H28N4S. The fraction of sp³-hybridized carbons (Fsp3) is 0. The van der Waals surface area contributed by atoms with E-state index in [1.54, 1.807) is 0 Å². The molecule has 0 spiro atoms. The van der Waals surface area contributed by atoms with Crippen molar-refractivity contribution in [1.82, 2.24) is 19.5 Å². The topological polar surface area (TPSA) is 43.6 Å². The Labute approximate surface area is 292 Å². The summed E-state index contributed by atoms with van der Waals surface area (Å²) >= 11 is 1.85. The Morgan fingerprint density at radius 3 is 1.64 bits per heavy atom. The SMILES string of the molecule is c1ccc(-c2nc(-c3ccccc3)nc(-c3ccc4c5ccccc5n(-c5cccc(-c6ccc7c(c6)sc6ccccc67)c5)c4c3)n2)cc1. The number of rotatable bonds is 5. The van der Waals surface area contributed by atoms with Crippen LogP contribution in [0.5, 0.6) is 0 Å². The fourth-order valence-electron chi connectivity index (χ4n) is 7.06. The van der Waals surface area contributed by atoms with Gasteiger partial charge in [-0.3, -0.25) is 0 Å². The molecule has 3 heterocycles. The third kappa shape index (κ3) is 4.79. The smallest absolute Gasteiger partial charge is 0.164 e. The van der Waals surface area contributed by atoms with Gasteiger partial charge in [-0.1, -0.05) is 133 Å². The molecule has 0 saturated heterocycles. The van der Waals surface area contributed by atoms with Crippen LogP contribution < -0.4 is 0 Å². The van der Waals surface area contributed by atoms with Gasteiger partial charge in [0, 0.05) is 53.3 Å². The minimum atomic E-state index is 0.641. The second-order valence-electron chi connectivity index (χ2n) is 12.5. The summed E-state index contributed by atoms with van der Waals surface area (Å²) < 4.78 is 4.99. The highest BCUT2D eigenvalue weighted by Gasteiger charge is 2.17. The van der Waals surface area contributed by atoms with Gasteiger partial charge in [0.2, 0.25) is 0 Å². The first-order valence-electron chi connectivity index (χ1n) is 16.7. The van der Waals surface area contributed by atoms with E-state index in [0.29, 0.717) is 17.5 Å². The molecule has 10 rings (SSSR count). The predicted molar refractivity (Wildman–Crippen MR) is 209 cm³/mol. The van der Waals surface area contributed by atoms with Crippen LogP contribution in [-0.2, 0) is 0 Å². The van der Waals surface area contributed by atoms with E-state index in [-0.39, 0.29) is 0 Å². The van der Waals surface area contributed by atoms with Gasteiger partial charge in [-0.15, -0.1) is 11.3 Å². The van der Waals surface area contributed by atoms with E-state index in [1.807, 2.05) is 72.0 Å². The molecule has 5 heteroatoms. The zero-order chi connectivity index (χ0) is 33.0. The molecule has 0 saturated carbocycles. The summed E-state index contributed by atoms with van der Waals surface area (Å²) in [5.41, 5.74) is 8.59. The van der Waals surface area contributed by atoms with Crippen molar-refractivity contribution in [3.05, 3.63) is 170 Å². The molecule has 0 unspecified atom stereocenters. The largest absolute Gasteiger partial charge is 0.309 e. The van der Waals surface area contributed by atoms with Gasteiger partial charge < -0.3 is 4.57 Å². The minimum Gasteiger partial charge on any atom is -0.309 e. The van der Waals surface area contributed by atoms with E-state index in [0.717, 1.165) is 33.4 Å². The van der Waals surface area contributed by atoms with Gasteiger partial charge in [-0.25, -0.2) is 15.0 Å². The average Bonchev–Trinajstić information content (AvgIpc) is 3.73. The van der Waals surface area contributed by atoms with Crippen molar-refractivity contribution in [3.63, 3.8) is 0 Å². The van der Waals surface area contributed by atoms with E-state index in [9.17, 15) is 0 Å². The Balaban J connectivity index is 1.15. The van der Waals surface area contributed by atoms with E-state index in [1.165, 1.54) is 42.1 Å². The van der Waals surface area contributed by atoms with Crippen LogP contribution in [0.4, 0.5) is 0 Å². The van der Waals surface area contributed by atoms with Crippen LogP contribution >= 0.6 is 11.3 Å². The quantitative estimate of drug-likeness (QED) is 0.185. The average molecular weight is 657 g/mol. The molecule has 4 nitrogen and oxygen atoms in total. The van der Waals surface area contributed by atoms with Gasteiger partial charge in [0.25, 0.3) is 0 Å². The van der Waals surface area contributed by atoms with Gasteiger partial charge in [0.05, 0.1) is 11.0 Å². The van der Waals surface area contributed by atoms with Gasteiger partial charge in [0.15, 0.2) is 17.5 Å². The van der Waals surface area contributed by atoms with E-state index in [2.05, 4.69) is 114 Å². The lowest BCUT2D eigenvalue weighted by Gasteiger charge is -2.12. The minimum absolute atomic E-state index is 0.641. The number of hydrogen-bond acceptors (Lipinski definition) is 4. The number of hydrogen-bond donors (Lipinski definition) is 0. The van der Waals surface area contributed by atoms with Crippen LogP contribution in [-0.4, -0.2) is 19.5 Å². The summed E-state index contributed by atoms with van der Waals surface area (Å²) in [6.07, 6.45) is 0. The molecule has 3 aromatic heterocycles. The standard InChI is InChI=1S/C45H28N4S/c1-3-12-29(13-4-1)43-46-44(30-14-5-2-6-15-30)48-45(47-43)33-23-24-36-35-18-7-9-20-39(35)49(40(36)27-33)34-17-11-16-31(26-34)32-22-25-38-37-19-8-10-21-41(37)50-42(38)28-32/h1-28H. The Morgan fingerprint density at radius 2 is 0.880 bits per heavy atom. The van der Waals surface area contributed by atoms with Crippen LogP contribution in [0.25, 0.3) is 93.0 Å². The Bertz CT molecular complexity index is 2810. The number of aromatic nitrogens is 4. The third-order valence-corrected chi connectivity index (χ3v) is 10.6. The molecule has 0 aliphatic heterocycles. The lowest BCUT2D eigenvalue weighted by molar-refractivity contribution is 1.07. The molecule has 0 fully saturated rings. The van der Waals surface area contributed by atoms with Crippen LogP contribution in [0, 0.1) is 0 Å². The molecule has 10 aromatic rings. The van der Waals surface area contributed by atoms with Crippen molar-refractivity contribution in [2.45, 2.75) is 0 Å². The van der Waals surface area contributed by atoms with Crippen molar-refractivity contribution in [1.29, 1.82) is 0 Å². The van der Waals surface area contributed by atoms with Gasteiger partial charge in [-0.05, 0) is 47.5 Å². The maximum Gasteiger partial charge on any atom is 0.164 e. The number of fused-ring (bicyclic) bond motifs is 6. The van der Waals surface area contributed by atoms with Crippen LogP contribution in [0.2, 0.25) is 0 Å². The zero-order valence-corrected chi connectivity index (χ0v) is 27.7. The highest BCUT2D eigenvalue weighted by molar-refractivity contribution is 7.25. The van der Waals surface area contributed by atoms with Crippen molar-refractivity contribution in [2.24, 2.45) is 0 Å². The van der Waals surface area contributed by atoms with Crippen LogP contribution in [0.15, 0.2) is 170 Å². The Hall–Kier alpha value is -6.43. The third-order valence-electron chi connectivity index (χ3n) is 9.45. The van der Waals surface area contributed by atoms with Gasteiger partial charge in [-0.2, -0.15) is 0 Å². The number of para-hydroxylation sites is 1. The highest BCUT2D eigenvalue weighted by atomic mass is 32.1. The molecule has 0 aliphatic rings. The van der Waals surface area contributed by atoms with Crippen LogP contribution in [0.1, 0.15) is 0 Å². The summed E-state index contributed by atoms with van der Waals surface area (Å²) in [5.74, 6) is 1.94. The maximum absolute atomic E-state index is 5.03. The molecular weight excluding hydrogens is 629 g/mol. The van der Waals surface area contributed by atoms with Crippen molar-refractivity contribution in [3.8, 4) is 51.0 Å². The summed E-state index contributed by atoms with van der Waals surface area (Å²) in [6, 6.07) is 59.8. The molecule has 0 amide bonds. The lowest BCUT2D eigenvalue weighted by atomic mass is 10.0. The second-order valence-corrected chi connectivity index (χ2v) is 13.6. The first kappa shape index (κ1) is 28.6. The normalized spacial score (nSPS) is 11.6. The maximum atomic E-state index is 5.03. The lowest BCUT2D eigenvalue weighted by Crippen LogP contribution is -2.00. The number of nitrogens with zero attached hydrogens (tertiary/aromatic N) is 4. The monoisotopic (exact) mass is 656 g/mol. The Morgan fingerprint density at radius 1 is 0.340 bits per heavy atom. The second kappa shape index (κ2) is 11.6. The van der Waals surface area contributed by atoms with Crippen molar-refractivity contribution < 1.29 is 0 Å². The molecule has 234 valence electrons. The molecule has 0 radical (unpaired) electrons. The zero-order valence-electron chi connectivity index (χ0n) is 26.9. The predicted octanol–water partition coefficient (Wildman–Crippen LogP) is 12.0. The summed E-state index contributed by atoms with van der Waals surface area (Å²) in [5, 5.41) is 5.02. The van der Waals surface area contributed by atoms with E-state index in [4.69, 9.17) is 15.0 Å². The molecule has 0 N–H and O–H groups in total. The molecule has 7 aromatic carbocycles. The van der Waals surface area contributed by atoms with Crippen molar-refractivity contribution in [2.75, 3.05) is 0 Å². The fourth-order valence-corrected chi connectivity index (χ4v) is 8.20. The van der Waals surface area contributed by atoms with Gasteiger partial charge in [0.1, 0.15) is 0 Å². The number of thiophene rings is 1. The molecule has 0 bridgehead atoms. The highest BCUT2D eigenvalue weighted by Crippen LogP contribution is 2.38. The molecule has 0 aliphatic carbocycles. The first-order chi connectivity index (χ1) is 24.8. The molecule has 0 atom stereocenters. The van der Waals surface area contributed by atoms with E-state index < -0.39 is 0 Å². The summed E-state index contributed by atoms with van der Waals surface area (Å²) in [6.45, 7) is 0. The number of benzene rings is 7. The van der Waals surface area contributed by atoms with Gasteiger partial charge >= 0.3 is 0 Å². The Kier molecular flexibility index (Phi) is 6.64. The van der Waals surface area contributed by atoms with E-state index >= 15 is 0 Å². The van der Waals surface area contributed by atoms with Crippen LogP contribution in [0.3, 0.4) is 0 Å². The first-order valence-corrected chi connectivity index (χ1v) is 17.5.